The van der Waals surface area contributed by atoms with Gasteiger partial charge in [-0.15, -0.1) is 0 Å². The van der Waals surface area contributed by atoms with Gasteiger partial charge in [-0.05, 0) is 55.6 Å². The molecule has 3 heterocycles. The first-order chi connectivity index (χ1) is 14.1. The number of hydrogen-bond acceptors (Lipinski definition) is 6. The number of hydrogen-bond donors (Lipinski definition) is 0. The van der Waals surface area contributed by atoms with E-state index in [1.807, 2.05) is 17.0 Å². The lowest BCUT2D eigenvalue weighted by atomic mass is 9.95. The van der Waals surface area contributed by atoms with Crippen LogP contribution in [0, 0.1) is 5.92 Å². The second kappa shape index (κ2) is 10.3. The number of aromatic nitrogens is 3. The summed E-state index contributed by atoms with van der Waals surface area (Å²) in [6.07, 6.45) is 5.56. The minimum atomic E-state index is -0.231. The molecule has 3 rings (SSSR count). The van der Waals surface area contributed by atoms with E-state index in [2.05, 4.69) is 15.0 Å². The summed E-state index contributed by atoms with van der Waals surface area (Å²) < 4.78 is 6.37. The molecule has 8 heteroatoms. The van der Waals surface area contributed by atoms with Crippen LogP contribution in [0.1, 0.15) is 28.9 Å². The molecule has 0 unspecified atom stereocenters. The second-order valence-electron chi connectivity index (χ2n) is 7.50. The van der Waals surface area contributed by atoms with Crippen molar-refractivity contribution in [2.24, 2.45) is 13.0 Å². The van der Waals surface area contributed by atoms with E-state index in [0.717, 1.165) is 44.6 Å². The summed E-state index contributed by atoms with van der Waals surface area (Å²) in [5.74, 6) is 0.284. The largest absolute Gasteiger partial charge is 0.383 e. The van der Waals surface area contributed by atoms with Gasteiger partial charge in [0.25, 0.3) is 11.5 Å². The molecule has 2 aromatic rings. The summed E-state index contributed by atoms with van der Waals surface area (Å²) in [6.45, 7) is 4.90. The predicted octanol–water partition coefficient (Wildman–Crippen LogP) is 1.18. The first-order valence-electron chi connectivity index (χ1n) is 10.0. The molecule has 2 aromatic heterocycles. The summed E-state index contributed by atoms with van der Waals surface area (Å²) >= 11 is 0. The van der Waals surface area contributed by atoms with Gasteiger partial charge in [0.1, 0.15) is 5.69 Å². The summed E-state index contributed by atoms with van der Waals surface area (Å²) in [5, 5.41) is 4.15. The van der Waals surface area contributed by atoms with Crippen LogP contribution in [-0.4, -0.2) is 70.4 Å². The molecule has 156 valence electrons. The highest BCUT2D eigenvalue weighted by atomic mass is 16.5. The number of carbonyl (C=O) groups excluding carboxylic acids is 1. The van der Waals surface area contributed by atoms with Crippen LogP contribution in [0.2, 0.25) is 0 Å². The maximum Gasteiger partial charge on any atom is 0.274 e. The maximum atomic E-state index is 13.2. The van der Waals surface area contributed by atoms with Gasteiger partial charge in [0.15, 0.2) is 0 Å². The predicted molar refractivity (Wildman–Crippen MR) is 109 cm³/mol. The highest BCUT2D eigenvalue weighted by molar-refractivity contribution is 5.92. The third kappa shape index (κ3) is 5.95. The zero-order valence-electron chi connectivity index (χ0n) is 17.2. The van der Waals surface area contributed by atoms with Crippen LogP contribution in [0.5, 0.6) is 0 Å². The molecular weight excluding hydrogens is 370 g/mol. The van der Waals surface area contributed by atoms with Gasteiger partial charge in [-0.1, -0.05) is 0 Å². The number of aryl methyl sites for hydroxylation is 1. The number of piperidine rings is 1. The lowest BCUT2D eigenvalue weighted by Gasteiger charge is -2.34. The van der Waals surface area contributed by atoms with E-state index >= 15 is 0 Å². The summed E-state index contributed by atoms with van der Waals surface area (Å²) in [5.41, 5.74) is 1.08. The number of methoxy groups -OCH3 is 1. The first-order valence-corrected chi connectivity index (χ1v) is 10.0. The van der Waals surface area contributed by atoms with Crippen LogP contribution in [0.25, 0.3) is 0 Å². The van der Waals surface area contributed by atoms with Gasteiger partial charge in [-0.3, -0.25) is 14.6 Å². The first kappa shape index (κ1) is 21.1. The van der Waals surface area contributed by atoms with Crippen molar-refractivity contribution >= 4 is 5.91 Å². The van der Waals surface area contributed by atoms with Crippen LogP contribution in [0.4, 0.5) is 0 Å². The molecule has 0 atom stereocenters. The summed E-state index contributed by atoms with van der Waals surface area (Å²) in [4.78, 5) is 33.1. The Hall–Kier alpha value is -2.58. The van der Waals surface area contributed by atoms with Crippen molar-refractivity contribution in [3.63, 3.8) is 0 Å². The topological polar surface area (TPSA) is 80.6 Å². The number of pyridine rings is 1. The van der Waals surface area contributed by atoms with Gasteiger partial charge < -0.3 is 14.5 Å². The quantitative estimate of drug-likeness (QED) is 0.663. The number of ether oxygens (including phenoxy) is 1. The van der Waals surface area contributed by atoms with Crippen molar-refractivity contribution < 1.29 is 9.53 Å². The van der Waals surface area contributed by atoms with E-state index in [4.69, 9.17) is 4.74 Å². The van der Waals surface area contributed by atoms with E-state index in [1.54, 1.807) is 26.6 Å². The molecule has 1 amide bonds. The molecule has 0 aliphatic carbocycles. The standard InChI is InChI=1S/C21H29N5O3/c1-24-20(27)4-3-19(23-24)21(28)26(15-17-5-9-22-10-6-17)16-18-7-11-25(12-8-18)13-14-29-2/h3-6,9-10,18H,7-8,11-16H2,1-2H3. The molecule has 1 saturated heterocycles. The highest BCUT2D eigenvalue weighted by Crippen LogP contribution is 2.20. The van der Waals surface area contributed by atoms with Crippen molar-refractivity contribution in [3.8, 4) is 0 Å². The molecule has 0 bridgehead atoms. The van der Waals surface area contributed by atoms with Crippen molar-refractivity contribution in [2.45, 2.75) is 19.4 Å². The van der Waals surface area contributed by atoms with E-state index in [9.17, 15) is 9.59 Å². The van der Waals surface area contributed by atoms with Crippen LogP contribution in [0.3, 0.4) is 0 Å². The van der Waals surface area contributed by atoms with Crippen LogP contribution >= 0.6 is 0 Å². The molecule has 29 heavy (non-hydrogen) atoms. The Bertz CT molecular complexity index is 847. The Balaban J connectivity index is 1.70. The number of rotatable bonds is 8. The number of nitrogens with zero attached hydrogens (tertiary/aromatic N) is 5. The Morgan fingerprint density at radius 2 is 1.93 bits per heavy atom. The Morgan fingerprint density at radius 1 is 1.21 bits per heavy atom. The fraction of sp³-hybridized carbons (Fsp3) is 0.524. The van der Waals surface area contributed by atoms with Crippen LogP contribution in [0.15, 0.2) is 41.5 Å². The average molecular weight is 399 g/mol. The molecule has 8 nitrogen and oxygen atoms in total. The highest BCUT2D eigenvalue weighted by Gasteiger charge is 2.25. The SMILES string of the molecule is COCCN1CCC(CN(Cc2ccncc2)C(=O)c2ccc(=O)n(C)n2)CC1. The van der Waals surface area contributed by atoms with Gasteiger partial charge in [-0.25, -0.2) is 4.68 Å². The van der Waals surface area contributed by atoms with Crippen molar-refractivity contribution in [3.05, 3.63) is 58.3 Å². The van der Waals surface area contributed by atoms with Gasteiger partial charge in [-0.2, -0.15) is 5.10 Å². The lowest BCUT2D eigenvalue weighted by Crippen LogP contribution is -2.42. The fourth-order valence-electron chi connectivity index (χ4n) is 3.63. The van der Waals surface area contributed by atoms with E-state index in [-0.39, 0.29) is 11.5 Å². The molecule has 0 spiro atoms. The third-order valence-electron chi connectivity index (χ3n) is 5.39. The lowest BCUT2D eigenvalue weighted by molar-refractivity contribution is 0.0650. The minimum absolute atomic E-state index is 0.153. The summed E-state index contributed by atoms with van der Waals surface area (Å²) in [6, 6.07) is 6.74. The van der Waals surface area contributed by atoms with Crippen molar-refractivity contribution in [1.82, 2.24) is 24.6 Å². The van der Waals surface area contributed by atoms with E-state index in [1.165, 1.54) is 16.8 Å². The van der Waals surface area contributed by atoms with Crippen LogP contribution in [-0.2, 0) is 18.3 Å². The Kier molecular flexibility index (Phi) is 7.48. The van der Waals surface area contributed by atoms with Gasteiger partial charge in [0.2, 0.25) is 0 Å². The van der Waals surface area contributed by atoms with Gasteiger partial charge >= 0.3 is 0 Å². The Morgan fingerprint density at radius 3 is 2.59 bits per heavy atom. The van der Waals surface area contributed by atoms with Gasteiger partial charge in [0.05, 0.1) is 6.61 Å². The fourth-order valence-corrected chi connectivity index (χ4v) is 3.63. The number of amides is 1. The third-order valence-corrected chi connectivity index (χ3v) is 5.39. The molecule has 0 saturated carbocycles. The zero-order chi connectivity index (χ0) is 20.6. The zero-order valence-corrected chi connectivity index (χ0v) is 17.2. The molecule has 0 N–H and O–H groups in total. The monoisotopic (exact) mass is 399 g/mol. The van der Waals surface area contributed by atoms with Crippen LogP contribution < -0.4 is 5.56 Å². The molecule has 1 aliphatic heterocycles. The molecule has 1 aliphatic rings. The molecule has 0 aromatic carbocycles. The minimum Gasteiger partial charge on any atom is -0.383 e. The smallest absolute Gasteiger partial charge is 0.274 e. The number of carbonyl (C=O) groups is 1. The average Bonchev–Trinajstić information content (AvgIpc) is 2.75. The normalized spacial score (nSPS) is 15.4. The van der Waals surface area contributed by atoms with E-state index < -0.39 is 0 Å². The molecule has 1 fully saturated rings. The van der Waals surface area contributed by atoms with Crippen molar-refractivity contribution in [1.29, 1.82) is 0 Å². The molecular formula is C21H29N5O3. The summed E-state index contributed by atoms with van der Waals surface area (Å²) in [7, 11) is 3.28. The Labute approximate surface area is 171 Å². The number of likely N-dealkylation sites (tertiary alicyclic amines) is 1. The van der Waals surface area contributed by atoms with E-state index in [0.29, 0.717) is 24.7 Å². The maximum absolute atomic E-state index is 13.2. The second-order valence-corrected chi connectivity index (χ2v) is 7.50. The molecule has 0 radical (unpaired) electrons. The van der Waals surface area contributed by atoms with Gasteiger partial charge in [0, 0.05) is 52.3 Å². The van der Waals surface area contributed by atoms with Crippen molar-refractivity contribution in [2.75, 3.05) is 39.9 Å².